The van der Waals surface area contributed by atoms with E-state index >= 15 is 0 Å². The lowest BCUT2D eigenvalue weighted by Crippen LogP contribution is -2.95. The number of benzene rings is 1. The van der Waals surface area contributed by atoms with Crippen LogP contribution in [0.3, 0.4) is 0 Å². The van der Waals surface area contributed by atoms with Crippen molar-refractivity contribution in [2.75, 3.05) is 0 Å². The number of rotatable bonds is 1. The standard InChI is InChI=1S/C9H7F3N4/c1-16-14-8(13-15-16)6-4-2-3-5-7(6)9(10,11)12/h2-5,16H,1H2. The summed E-state index contributed by atoms with van der Waals surface area (Å²) in [7, 11) is 3.39. The summed E-state index contributed by atoms with van der Waals surface area (Å²) >= 11 is 0. The second-order valence-corrected chi connectivity index (χ2v) is 3.09. The van der Waals surface area contributed by atoms with Crippen molar-refractivity contribution in [1.29, 1.82) is 0 Å². The van der Waals surface area contributed by atoms with Crippen LogP contribution in [0.5, 0.6) is 0 Å². The van der Waals surface area contributed by atoms with Gasteiger partial charge in [0.1, 0.15) is 0 Å². The lowest BCUT2D eigenvalue weighted by Gasteiger charge is -2.09. The first kappa shape index (κ1) is 10.7. The molecule has 0 aromatic heterocycles. The lowest BCUT2D eigenvalue weighted by atomic mass is 10.1. The molecule has 1 aromatic rings. The predicted molar refractivity (Wildman–Crippen MR) is 49.2 cm³/mol. The monoisotopic (exact) mass is 228 g/mol. The van der Waals surface area contributed by atoms with Gasteiger partial charge in [-0.15, -0.1) is 0 Å². The molecular formula is C9H7F3N4. The number of quaternary nitrogens is 1. The van der Waals surface area contributed by atoms with Gasteiger partial charge in [-0.25, -0.2) is 0 Å². The summed E-state index contributed by atoms with van der Waals surface area (Å²) in [6, 6.07) is 5.09. The minimum atomic E-state index is -4.43. The molecule has 0 spiro atoms. The molecule has 1 unspecified atom stereocenters. The first-order chi connectivity index (χ1) is 7.48. The molecule has 0 amide bonds. The van der Waals surface area contributed by atoms with Gasteiger partial charge >= 0.3 is 6.18 Å². The van der Waals surface area contributed by atoms with Crippen LogP contribution in [0.15, 0.2) is 39.7 Å². The normalized spacial score (nSPS) is 20.0. The Bertz CT molecular complexity index is 464. The summed E-state index contributed by atoms with van der Waals surface area (Å²) in [4.78, 5) is 0. The highest BCUT2D eigenvalue weighted by molar-refractivity contribution is 6.00. The van der Waals surface area contributed by atoms with E-state index < -0.39 is 11.7 Å². The maximum absolute atomic E-state index is 12.6. The van der Waals surface area contributed by atoms with E-state index in [2.05, 4.69) is 22.5 Å². The van der Waals surface area contributed by atoms with Crippen LogP contribution in [0.2, 0.25) is 0 Å². The summed E-state index contributed by atoms with van der Waals surface area (Å²) in [5, 5.41) is 10.8. The topological polar surface area (TPSA) is 41.5 Å². The van der Waals surface area contributed by atoms with E-state index in [1.165, 1.54) is 18.2 Å². The van der Waals surface area contributed by atoms with Gasteiger partial charge in [0.25, 0.3) is 0 Å². The smallest absolute Gasteiger partial charge is 0.192 e. The van der Waals surface area contributed by atoms with Gasteiger partial charge < -0.3 is 0 Å². The Labute approximate surface area is 89.1 Å². The third-order valence-corrected chi connectivity index (χ3v) is 1.97. The van der Waals surface area contributed by atoms with Gasteiger partial charge in [-0.1, -0.05) is 35.5 Å². The zero-order chi connectivity index (χ0) is 11.8. The fourth-order valence-electron chi connectivity index (χ4n) is 1.31. The molecule has 7 heteroatoms. The molecule has 0 radical (unpaired) electrons. The molecular weight excluding hydrogens is 221 g/mol. The number of hydrogen-bond acceptors (Lipinski definition) is 3. The Hall–Kier alpha value is -1.76. The summed E-state index contributed by atoms with van der Waals surface area (Å²) in [6.07, 6.45) is -4.43. The molecule has 0 bridgehead atoms. The maximum Gasteiger partial charge on any atom is 0.417 e. The average Bonchev–Trinajstić information content (AvgIpc) is 2.64. The van der Waals surface area contributed by atoms with E-state index in [0.29, 0.717) is 0 Å². The minimum Gasteiger partial charge on any atom is -0.192 e. The van der Waals surface area contributed by atoms with Gasteiger partial charge in [0, 0.05) is 10.8 Å². The highest BCUT2D eigenvalue weighted by atomic mass is 19.4. The number of amidine groups is 1. The molecule has 0 fully saturated rings. The molecule has 16 heavy (non-hydrogen) atoms. The Morgan fingerprint density at radius 1 is 1.19 bits per heavy atom. The van der Waals surface area contributed by atoms with Crippen molar-refractivity contribution in [3.05, 3.63) is 42.4 Å². The largest absolute Gasteiger partial charge is 0.417 e. The fourth-order valence-corrected chi connectivity index (χ4v) is 1.31. The third kappa shape index (κ3) is 1.94. The zero-order valence-corrected chi connectivity index (χ0v) is 7.99. The van der Waals surface area contributed by atoms with Gasteiger partial charge in [-0.3, -0.25) is 0 Å². The average molecular weight is 228 g/mol. The highest BCUT2D eigenvalue weighted by Crippen LogP contribution is 2.32. The van der Waals surface area contributed by atoms with Crippen LogP contribution in [-0.4, -0.2) is 5.84 Å². The molecule has 84 valence electrons. The van der Waals surface area contributed by atoms with Crippen molar-refractivity contribution >= 4 is 5.84 Å². The highest BCUT2D eigenvalue weighted by Gasteiger charge is 2.35. The second kappa shape index (κ2) is 3.67. The van der Waals surface area contributed by atoms with E-state index in [1.807, 2.05) is 0 Å². The van der Waals surface area contributed by atoms with Gasteiger partial charge in [0.2, 0.25) is 5.84 Å². The third-order valence-electron chi connectivity index (χ3n) is 1.97. The molecule has 1 aliphatic heterocycles. The van der Waals surface area contributed by atoms with Gasteiger partial charge in [0.15, 0.2) is 0 Å². The van der Waals surface area contributed by atoms with Gasteiger partial charge in [-0.05, 0) is 6.07 Å². The van der Waals surface area contributed by atoms with Crippen LogP contribution < -0.4 is 5.12 Å². The molecule has 0 aliphatic carbocycles. The molecule has 0 saturated carbocycles. The zero-order valence-electron chi connectivity index (χ0n) is 7.99. The number of nitrogens with zero attached hydrogens (tertiary/aromatic N) is 3. The number of halogens is 3. The second-order valence-electron chi connectivity index (χ2n) is 3.09. The Morgan fingerprint density at radius 2 is 1.88 bits per heavy atom. The van der Waals surface area contributed by atoms with Crippen molar-refractivity contribution in [2.24, 2.45) is 15.4 Å². The van der Waals surface area contributed by atoms with Crippen LogP contribution in [0.25, 0.3) is 0 Å². The summed E-state index contributed by atoms with van der Waals surface area (Å²) < 4.78 is 37.9. The molecule has 4 nitrogen and oxygen atoms in total. The van der Waals surface area contributed by atoms with E-state index in [1.54, 1.807) is 0 Å². The summed E-state index contributed by atoms with van der Waals surface area (Å²) in [5.41, 5.74) is -0.861. The first-order valence-electron chi connectivity index (χ1n) is 4.34. The fraction of sp³-hybridized carbons (Fsp3) is 0.111. The quantitative estimate of drug-likeness (QED) is 0.706. The molecule has 1 atom stereocenters. The molecule has 2 rings (SSSR count). The molecule has 1 N–H and O–H groups in total. The summed E-state index contributed by atoms with van der Waals surface area (Å²) in [5.74, 6) is -0.0575. The van der Waals surface area contributed by atoms with Crippen LogP contribution in [0, 0.1) is 7.05 Å². The lowest BCUT2D eigenvalue weighted by molar-refractivity contribution is -0.868. The van der Waals surface area contributed by atoms with E-state index in [9.17, 15) is 13.2 Å². The van der Waals surface area contributed by atoms with Crippen LogP contribution >= 0.6 is 0 Å². The van der Waals surface area contributed by atoms with Crippen molar-refractivity contribution in [3.63, 3.8) is 0 Å². The number of hydrogen-bond donors (Lipinski definition) is 1. The van der Waals surface area contributed by atoms with Crippen LogP contribution in [0.1, 0.15) is 11.1 Å². The predicted octanol–water partition coefficient (Wildman–Crippen LogP) is 1.42. The van der Waals surface area contributed by atoms with E-state index in [0.717, 1.165) is 6.07 Å². The van der Waals surface area contributed by atoms with Crippen molar-refractivity contribution in [3.8, 4) is 0 Å². The van der Waals surface area contributed by atoms with Crippen LogP contribution in [0.4, 0.5) is 13.2 Å². The Kier molecular flexibility index (Phi) is 2.47. The molecule has 1 aromatic carbocycles. The number of alkyl halides is 3. The van der Waals surface area contributed by atoms with E-state index in [4.69, 9.17) is 0 Å². The summed E-state index contributed by atoms with van der Waals surface area (Å²) in [6.45, 7) is 0. The van der Waals surface area contributed by atoms with E-state index in [-0.39, 0.29) is 16.5 Å². The van der Waals surface area contributed by atoms with Gasteiger partial charge in [-0.2, -0.15) is 18.3 Å². The van der Waals surface area contributed by atoms with Gasteiger partial charge in [0.05, 0.1) is 5.56 Å². The Balaban J connectivity index is 2.50. The Morgan fingerprint density at radius 3 is 2.44 bits per heavy atom. The SMILES string of the molecule is [CH2-][NH+]1N=NC(c2ccccc2C(F)(F)F)=N1. The van der Waals surface area contributed by atoms with Crippen molar-refractivity contribution in [2.45, 2.75) is 6.18 Å². The van der Waals surface area contributed by atoms with Crippen molar-refractivity contribution in [1.82, 2.24) is 0 Å². The number of nitrogens with one attached hydrogen (secondary N) is 1. The first-order valence-corrected chi connectivity index (χ1v) is 4.34. The van der Waals surface area contributed by atoms with Crippen LogP contribution in [-0.2, 0) is 6.18 Å². The minimum absolute atomic E-state index is 0.0575. The molecule has 1 heterocycles. The van der Waals surface area contributed by atoms with Crippen molar-refractivity contribution < 1.29 is 18.3 Å². The molecule has 1 aliphatic rings. The maximum atomic E-state index is 12.6. The molecule has 0 saturated heterocycles.